The Morgan fingerprint density at radius 2 is 1.93 bits per heavy atom. The first-order chi connectivity index (χ1) is 13.3. The smallest absolute Gasteiger partial charge is 0.410 e. The molecule has 1 aromatic carbocycles. The van der Waals surface area contributed by atoms with Crippen molar-refractivity contribution in [1.29, 1.82) is 0 Å². The van der Waals surface area contributed by atoms with Crippen LogP contribution in [0, 0.1) is 17.7 Å². The number of nitrogens with zero attached hydrogens (tertiary/aromatic N) is 2. The van der Waals surface area contributed by atoms with Crippen molar-refractivity contribution >= 4 is 6.09 Å². The number of carbonyl (C=O) groups excluding carboxylic acids is 1. The Morgan fingerprint density at radius 3 is 2.57 bits per heavy atom. The number of benzene rings is 1. The van der Waals surface area contributed by atoms with Crippen LogP contribution in [-0.4, -0.2) is 40.8 Å². The number of rotatable bonds is 3. The molecule has 1 aliphatic rings. The normalized spacial score (nSPS) is 15.9. The van der Waals surface area contributed by atoms with E-state index in [1.54, 1.807) is 35.5 Å². The Kier molecular flexibility index (Phi) is 5.84. The third kappa shape index (κ3) is 5.46. The molecule has 1 fully saturated rings. The molecule has 6 heteroatoms. The van der Waals surface area contributed by atoms with Gasteiger partial charge < -0.3 is 14.4 Å². The molecule has 2 aromatic rings. The zero-order valence-electron chi connectivity index (χ0n) is 16.2. The van der Waals surface area contributed by atoms with Crippen molar-refractivity contribution in [3.8, 4) is 17.6 Å². The van der Waals surface area contributed by atoms with Crippen LogP contribution >= 0.6 is 0 Å². The zero-order valence-corrected chi connectivity index (χ0v) is 16.2. The monoisotopic (exact) mass is 382 g/mol. The van der Waals surface area contributed by atoms with Crippen molar-refractivity contribution in [2.75, 3.05) is 13.2 Å². The van der Waals surface area contributed by atoms with Gasteiger partial charge in [0.25, 0.3) is 0 Å². The zero-order chi connectivity index (χ0) is 20.1. The highest BCUT2D eigenvalue weighted by atomic mass is 19.1. The Bertz CT molecular complexity index is 894. The summed E-state index contributed by atoms with van der Waals surface area (Å²) in [6, 6.07) is 7.77. The second-order valence-electron chi connectivity index (χ2n) is 7.59. The number of hydrogen-bond acceptors (Lipinski definition) is 4. The number of pyridine rings is 1. The average Bonchev–Trinajstić information content (AvgIpc) is 2.59. The summed E-state index contributed by atoms with van der Waals surface area (Å²) in [7, 11) is 0. The van der Waals surface area contributed by atoms with Gasteiger partial charge in [0, 0.05) is 23.9 Å². The Balaban J connectivity index is 1.57. The van der Waals surface area contributed by atoms with Crippen LogP contribution in [0.5, 0.6) is 5.75 Å². The molecule has 1 atom stereocenters. The summed E-state index contributed by atoms with van der Waals surface area (Å²) in [4.78, 5) is 18.0. The standard InChI is InChI=1S/C22H23FN2O3/c1-22(2,3)28-21(26)25-11-10-19(25)15-27-20-12-17(13-24-14-20)5-4-16-6-8-18(23)9-7-16/h6-9,12-14,19H,10-11,15H2,1-3H3/t19-/m0/s1. The van der Waals surface area contributed by atoms with E-state index in [-0.39, 0.29) is 18.0 Å². The van der Waals surface area contributed by atoms with Gasteiger partial charge in [-0.2, -0.15) is 0 Å². The molecule has 1 aromatic heterocycles. The first-order valence-electron chi connectivity index (χ1n) is 9.15. The van der Waals surface area contributed by atoms with Gasteiger partial charge in [0.05, 0.1) is 12.2 Å². The third-order valence-corrected chi connectivity index (χ3v) is 4.12. The lowest BCUT2D eigenvalue weighted by molar-refractivity contribution is -0.0141. The number of amides is 1. The highest BCUT2D eigenvalue weighted by Crippen LogP contribution is 2.22. The molecular weight excluding hydrogens is 359 g/mol. The molecular formula is C22H23FN2O3. The summed E-state index contributed by atoms with van der Waals surface area (Å²) in [5, 5.41) is 0. The van der Waals surface area contributed by atoms with E-state index in [9.17, 15) is 9.18 Å². The van der Waals surface area contributed by atoms with Gasteiger partial charge >= 0.3 is 6.09 Å². The summed E-state index contributed by atoms with van der Waals surface area (Å²) >= 11 is 0. The second kappa shape index (κ2) is 8.30. The largest absolute Gasteiger partial charge is 0.490 e. The van der Waals surface area contributed by atoms with Crippen molar-refractivity contribution in [3.63, 3.8) is 0 Å². The van der Waals surface area contributed by atoms with Crippen molar-refractivity contribution in [3.05, 3.63) is 59.7 Å². The molecule has 1 aliphatic heterocycles. The molecule has 1 amide bonds. The first-order valence-corrected chi connectivity index (χ1v) is 9.15. The highest BCUT2D eigenvalue weighted by molar-refractivity contribution is 5.69. The van der Waals surface area contributed by atoms with E-state index >= 15 is 0 Å². The predicted octanol–water partition coefficient (Wildman–Crippen LogP) is 4.01. The number of ether oxygens (including phenoxy) is 2. The summed E-state index contributed by atoms with van der Waals surface area (Å²) in [5.74, 6) is 6.25. The van der Waals surface area contributed by atoms with Crippen LogP contribution in [0.15, 0.2) is 42.7 Å². The molecule has 146 valence electrons. The van der Waals surface area contributed by atoms with Gasteiger partial charge in [-0.25, -0.2) is 9.18 Å². The lowest BCUT2D eigenvalue weighted by atomic mass is 10.1. The van der Waals surface area contributed by atoms with Gasteiger partial charge in [-0.05, 0) is 57.5 Å². The quantitative estimate of drug-likeness (QED) is 0.753. The fraction of sp³-hybridized carbons (Fsp3) is 0.364. The molecule has 0 N–H and O–H groups in total. The fourth-order valence-corrected chi connectivity index (χ4v) is 2.61. The lowest BCUT2D eigenvalue weighted by Crippen LogP contribution is -2.55. The van der Waals surface area contributed by atoms with Gasteiger partial charge in [0.1, 0.15) is 23.8 Å². The highest BCUT2D eigenvalue weighted by Gasteiger charge is 2.35. The maximum absolute atomic E-state index is 12.9. The van der Waals surface area contributed by atoms with Crippen molar-refractivity contribution < 1.29 is 18.7 Å². The topological polar surface area (TPSA) is 51.7 Å². The number of carbonyl (C=O) groups is 1. The van der Waals surface area contributed by atoms with Crippen LogP contribution in [0.4, 0.5) is 9.18 Å². The molecule has 0 aliphatic carbocycles. The maximum atomic E-state index is 12.9. The van der Waals surface area contributed by atoms with E-state index in [2.05, 4.69) is 16.8 Å². The van der Waals surface area contributed by atoms with Crippen LogP contribution in [0.1, 0.15) is 38.3 Å². The van der Waals surface area contributed by atoms with Crippen LogP contribution in [0.3, 0.4) is 0 Å². The van der Waals surface area contributed by atoms with Crippen LogP contribution in [-0.2, 0) is 4.74 Å². The number of likely N-dealkylation sites (tertiary alicyclic amines) is 1. The van der Waals surface area contributed by atoms with E-state index in [1.165, 1.54) is 12.1 Å². The number of aromatic nitrogens is 1. The molecule has 28 heavy (non-hydrogen) atoms. The Hall–Kier alpha value is -3.07. The van der Waals surface area contributed by atoms with Crippen molar-refractivity contribution in [2.24, 2.45) is 0 Å². The molecule has 1 saturated heterocycles. The SMILES string of the molecule is CC(C)(C)OC(=O)N1CC[C@H]1COc1cncc(C#Cc2ccc(F)cc2)c1. The van der Waals surface area contributed by atoms with E-state index < -0.39 is 5.60 Å². The van der Waals surface area contributed by atoms with Gasteiger partial charge in [-0.3, -0.25) is 4.98 Å². The summed E-state index contributed by atoms with van der Waals surface area (Å²) in [5.41, 5.74) is 0.897. The first kappa shape index (κ1) is 19.7. The fourth-order valence-electron chi connectivity index (χ4n) is 2.61. The molecule has 3 rings (SSSR count). The van der Waals surface area contributed by atoms with E-state index in [1.807, 2.05) is 20.8 Å². The molecule has 0 unspecified atom stereocenters. The summed E-state index contributed by atoms with van der Waals surface area (Å²) in [6.07, 6.45) is 3.81. The summed E-state index contributed by atoms with van der Waals surface area (Å²) in [6.45, 7) is 6.58. The molecule has 0 bridgehead atoms. The van der Waals surface area contributed by atoms with Crippen LogP contribution in [0.25, 0.3) is 0 Å². The maximum Gasteiger partial charge on any atom is 0.410 e. The Labute approximate surface area is 164 Å². The molecule has 0 spiro atoms. The summed E-state index contributed by atoms with van der Waals surface area (Å²) < 4.78 is 24.1. The van der Waals surface area contributed by atoms with Crippen LogP contribution in [0.2, 0.25) is 0 Å². The average molecular weight is 382 g/mol. The molecule has 5 nitrogen and oxygen atoms in total. The van der Waals surface area contributed by atoms with E-state index in [4.69, 9.17) is 9.47 Å². The van der Waals surface area contributed by atoms with Crippen molar-refractivity contribution in [2.45, 2.75) is 38.8 Å². The molecule has 0 radical (unpaired) electrons. The van der Waals surface area contributed by atoms with Gasteiger partial charge in [0.2, 0.25) is 0 Å². The van der Waals surface area contributed by atoms with Crippen molar-refractivity contribution in [1.82, 2.24) is 9.88 Å². The lowest BCUT2D eigenvalue weighted by Gasteiger charge is -2.40. The third-order valence-electron chi connectivity index (χ3n) is 4.12. The second-order valence-corrected chi connectivity index (χ2v) is 7.59. The van der Waals surface area contributed by atoms with Gasteiger partial charge in [0.15, 0.2) is 0 Å². The van der Waals surface area contributed by atoms with Crippen LogP contribution < -0.4 is 4.74 Å². The van der Waals surface area contributed by atoms with Gasteiger partial charge in [-0.1, -0.05) is 11.8 Å². The van der Waals surface area contributed by atoms with E-state index in [0.717, 1.165) is 12.0 Å². The van der Waals surface area contributed by atoms with Gasteiger partial charge in [-0.15, -0.1) is 0 Å². The minimum atomic E-state index is -0.514. The Morgan fingerprint density at radius 1 is 1.21 bits per heavy atom. The minimum Gasteiger partial charge on any atom is -0.490 e. The molecule has 0 saturated carbocycles. The minimum absolute atomic E-state index is 0.0104. The molecule has 2 heterocycles. The number of halogens is 1. The predicted molar refractivity (Wildman–Crippen MR) is 103 cm³/mol. The number of hydrogen-bond donors (Lipinski definition) is 0. The van der Waals surface area contributed by atoms with E-state index in [0.29, 0.717) is 24.5 Å².